The van der Waals surface area contributed by atoms with E-state index >= 15 is 0 Å². The predicted molar refractivity (Wildman–Crippen MR) is 81.3 cm³/mol. The highest BCUT2D eigenvalue weighted by molar-refractivity contribution is 5.32. The van der Waals surface area contributed by atoms with Gasteiger partial charge >= 0.3 is 0 Å². The van der Waals surface area contributed by atoms with Crippen LogP contribution < -0.4 is 0 Å². The molecule has 0 amide bonds. The van der Waals surface area contributed by atoms with Gasteiger partial charge in [0.1, 0.15) is 11.6 Å². The summed E-state index contributed by atoms with van der Waals surface area (Å²) in [6.45, 7) is 0.907. The van der Waals surface area contributed by atoms with E-state index in [1.54, 1.807) is 12.1 Å². The van der Waals surface area contributed by atoms with Crippen LogP contribution in [0.4, 0.5) is 8.78 Å². The Labute approximate surface area is 133 Å². The molecule has 3 nitrogen and oxygen atoms in total. The third-order valence-electron chi connectivity index (χ3n) is 4.17. The average molecular weight is 314 g/mol. The number of β-amino-alcohol motifs (C(OH)–C–C–N with tert-alkyl or cyclic N) is 1. The Kier molecular flexibility index (Phi) is 4.37. The molecule has 1 N–H and O–H groups in total. The quantitative estimate of drug-likeness (QED) is 0.947. The first-order chi connectivity index (χ1) is 11.1. The standard InChI is InChI=1S/C18H16F2N2O/c19-14-5-6-17(20)16(7-14)18-8-15(23)11-22(18)10-13-3-1-12(9-21)2-4-13/h1-7,15,18,23H,8,10-11H2. The molecule has 118 valence electrons. The zero-order valence-electron chi connectivity index (χ0n) is 12.4. The van der Waals surface area contributed by atoms with Gasteiger partial charge in [-0.05, 0) is 42.3 Å². The van der Waals surface area contributed by atoms with Crippen LogP contribution in [-0.4, -0.2) is 22.7 Å². The molecule has 23 heavy (non-hydrogen) atoms. The van der Waals surface area contributed by atoms with Crippen LogP contribution in [0, 0.1) is 23.0 Å². The summed E-state index contributed by atoms with van der Waals surface area (Å²) >= 11 is 0. The summed E-state index contributed by atoms with van der Waals surface area (Å²) < 4.78 is 27.5. The molecule has 1 saturated heterocycles. The van der Waals surface area contributed by atoms with Crippen LogP contribution in [0.3, 0.4) is 0 Å². The second-order valence-corrected chi connectivity index (χ2v) is 5.81. The molecule has 2 aromatic rings. The average Bonchev–Trinajstić information content (AvgIpc) is 2.91. The van der Waals surface area contributed by atoms with Crippen molar-refractivity contribution in [2.45, 2.75) is 25.1 Å². The van der Waals surface area contributed by atoms with Crippen LogP contribution >= 0.6 is 0 Å². The number of hydrogen-bond donors (Lipinski definition) is 1. The van der Waals surface area contributed by atoms with Gasteiger partial charge in [0.2, 0.25) is 0 Å². The van der Waals surface area contributed by atoms with E-state index in [9.17, 15) is 13.9 Å². The van der Waals surface area contributed by atoms with Crippen molar-refractivity contribution in [1.29, 1.82) is 5.26 Å². The Morgan fingerprint density at radius 2 is 1.91 bits per heavy atom. The third kappa shape index (κ3) is 3.39. The van der Waals surface area contributed by atoms with E-state index in [0.29, 0.717) is 25.1 Å². The number of aliphatic hydroxyl groups excluding tert-OH is 1. The minimum absolute atomic E-state index is 0.273. The zero-order valence-corrected chi connectivity index (χ0v) is 12.4. The molecule has 3 rings (SSSR count). The molecule has 0 aliphatic carbocycles. The lowest BCUT2D eigenvalue weighted by atomic mass is 10.0. The highest BCUT2D eigenvalue weighted by Gasteiger charge is 2.33. The van der Waals surface area contributed by atoms with Crippen molar-refractivity contribution in [3.63, 3.8) is 0 Å². The number of rotatable bonds is 3. The maximum Gasteiger partial charge on any atom is 0.128 e. The van der Waals surface area contributed by atoms with Crippen LogP contribution in [-0.2, 0) is 6.54 Å². The summed E-state index contributed by atoms with van der Waals surface area (Å²) in [7, 11) is 0. The minimum Gasteiger partial charge on any atom is -0.392 e. The van der Waals surface area contributed by atoms with Crippen molar-refractivity contribution < 1.29 is 13.9 Å². The summed E-state index contributed by atoms with van der Waals surface area (Å²) in [5, 5.41) is 18.8. The van der Waals surface area contributed by atoms with Gasteiger partial charge in [-0.3, -0.25) is 4.90 Å². The zero-order chi connectivity index (χ0) is 16.4. The molecule has 0 saturated carbocycles. The van der Waals surface area contributed by atoms with Crippen LogP contribution in [0.1, 0.15) is 29.2 Å². The topological polar surface area (TPSA) is 47.3 Å². The van der Waals surface area contributed by atoms with Crippen molar-refractivity contribution in [2.24, 2.45) is 0 Å². The number of nitriles is 1. The van der Waals surface area contributed by atoms with Crippen LogP contribution in [0.2, 0.25) is 0 Å². The SMILES string of the molecule is N#Cc1ccc(CN2CC(O)CC2c2cc(F)ccc2F)cc1. The number of halogens is 2. The molecule has 0 radical (unpaired) electrons. The van der Waals surface area contributed by atoms with Crippen molar-refractivity contribution >= 4 is 0 Å². The number of benzene rings is 2. The van der Waals surface area contributed by atoms with Crippen molar-refractivity contribution in [3.8, 4) is 6.07 Å². The predicted octanol–water partition coefficient (Wildman–Crippen LogP) is 3.14. The lowest BCUT2D eigenvalue weighted by Gasteiger charge is -2.25. The first kappa shape index (κ1) is 15.6. The second-order valence-electron chi connectivity index (χ2n) is 5.81. The van der Waals surface area contributed by atoms with Crippen LogP contribution in [0.25, 0.3) is 0 Å². The summed E-state index contributed by atoms with van der Waals surface area (Å²) in [5.41, 5.74) is 1.80. The normalized spacial score (nSPS) is 21.3. The summed E-state index contributed by atoms with van der Waals surface area (Å²) in [5.74, 6) is -0.948. The van der Waals surface area contributed by atoms with Gasteiger partial charge < -0.3 is 5.11 Å². The fourth-order valence-corrected chi connectivity index (χ4v) is 3.07. The molecule has 0 bridgehead atoms. The van der Waals surface area contributed by atoms with E-state index in [-0.39, 0.29) is 11.6 Å². The highest BCUT2D eigenvalue weighted by Crippen LogP contribution is 2.35. The van der Waals surface area contributed by atoms with Crippen molar-refractivity contribution in [2.75, 3.05) is 6.54 Å². The molecule has 2 unspecified atom stereocenters. The Morgan fingerprint density at radius 1 is 1.17 bits per heavy atom. The molecule has 0 spiro atoms. The third-order valence-corrected chi connectivity index (χ3v) is 4.17. The first-order valence-electron chi connectivity index (χ1n) is 7.43. The Hall–Kier alpha value is -2.29. The van der Waals surface area contributed by atoms with E-state index < -0.39 is 17.7 Å². The van der Waals surface area contributed by atoms with E-state index in [2.05, 4.69) is 6.07 Å². The first-order valence-corrected chi connectivity index (χ1v) is 7.43. The lowest BCUT2D eigenvalue weighted by molar-refractivity contribution is 0.172. The Balaban J connectivity index is 1.84. The summed E-state index contributed by atoms with van der Waals surface area (Å²) in [6, 6.07) is 12.2. The van der Waals surface area contributed by atoms with Crippen LogP contribution in [0.15, 0.2) is 42.5 Å². The van der Waals surface area contributed by atoms with Gasteiger partial charge in [-0.25, -0.2) is 8.78 Å². The highest BCUT2D eigenvalue weighted by atomic mass is 19.1. The Morgan fingerprint density at radius 3 is 2.61 bits per heavy atom. The molecule has 1 aliphatic rings. The van der Waals surface area contributed by atoms with E-state index in [1.165, 1.54) is 6.07 Å². The minimum atomic E-state index is -0.568. The van der Waals surface area contributed by atoms with Crippen molar-refractivity contribution in [3.05, 3.63) is 70.8 Å². The van der Waals surface area contributed by atoms with Gasteiger partial charge in [0, 0.05) is 24.7 Å². The largest absolute Gasteiger partial charge is 0.392 e. The maximum absolute atomic E-state index is 14.0. The molecule has 0 aromatic heterocycles. The summed E-state index contributed by atoms with van der Waals surface area (Å²) in [6.07, 6.45) is -0.197. The van der Waals surface area contributed by atoms with Gasteiger partial charge in [-0.1, -0.05) is 12.1 Å². The van der Waals surface area contributed by atoms with Gasteiger partial charge in [-0.2, -0.15) is 5.26 Å². The molecule has 1 fully saturated rings. The molecule has 2 aromatic carbocycles. The molecule has 2 atom stereocenters. The van der Waals surface area contributed by atoms with Crippen LogP contribution in [0.5, 0.6) is 0 Å². The molecular formula is C18H16F2N2O. The summed E-state index contributed by atoms with van der Waals surface area (Å²) in [4.78, 5) is 1.93. The smallest absolute Gasteiger partial charge is 0.128 e. The number of likely N-dealkylation sites (tertiary alicyclic amines) is 1. The fraction of sp³-hybridized carbons (Fsp3) is 0.278. The number of nitrogens with zero attached hydrogens (tertiary/aromatic N) is 2. The van der Waals surface area contributed by atoms with Gasteiger partial charge in [-0.15, -0.1) is 0 Å². The Bertz CT molecular complexity index is 740. The molecule has 1 aliphatic heterocycles. The van der Waals surface area contributed by atoms with Gasteiger partial charge in [0.25, 0.3) is 0 Å². The number of aliphatic hydroxyl groups is 1. The lowest BCUT2D eigenvalue weighted by Crippen LogP contribution is -2.25. The monoisotopic (exact) mass is 314 g/mol. The fourth-order valence-electron chi connectivity index (χ4n) is 3.07. The molecule has 5 heteroatoms. The van der Waals surface area contributed by atoms with E-state index in [1.807, 2.05) is 17.0 Å². The molecular weight excluding hydrogens is 298 g/mol. The van der Waals surface area contributed by atoms with Crippen molar-refractivity contribution in [1.82, 2.24) is 4.90 Å². The second kappa shape index (κ2) is 6.45. The van der Waals surface area contributed by atoms with E-state index in [4.69, 9.17) is 5.26 Å². The van der Waals surface area contributed by atoms with Gasteiger partial charge in [0.15, 0.2) is 0 Å². The van der Waals surface area contributed by atoms with Gasteiger partial charge in [0.05, 0.1) is 17.7 Å². The number of hydrogen-bond acceptors (Lipinski definition) is 3. The molecule has 1 heterocycles. The van der Waals surface area contributed by atoms with E-state index in [0.717, 1.165) is 17.7 Å². The maximum atomic E-state index is 14.0.